The van der Waals surface area contributed by atoms with E-state index < -0.39 is 5.91 Å². The number of methoxy groups -OCH3 is 3. The van der Waals surface area contributed by atoms with Gasteiger partial charge in [0.2, 0.25) is 5.75 Å². The van der Waals surface area contributed by atoms with Gasteiger partial charge in [-0.15, -0.1) is 0 Å². The summed E-state index contributed by atoms with van der Waals surface area (Å²) >= 11 is 0. The van der Waals surface area contributed by atoms with Crippen LogP contribution in [0.15, 0.2) is 47.6 Å². The van der Waals surface area contributed by atoms with E-state index >= 15 is 0 Å². The predicted octanol–water partition coefficient (Wildman–Crippen LogP) is 3.28. The van der Waals surface area contributed by atoms with Crippen LogP contribution in [-0.2, 0) is 0 Å². The summed E-state index contributed by atoms with van der Waals surface area (Å²) in [6.45, 7) is 3.85. The minimum Gasteiger partial charge on any atom is -0.493 e. The van der Waals surface area contributed by atoms with E-state index in [4.69, 9.17) is 14.2 Å². The molecular weight excluding hydrogens is 384 g/mol. The Kier molecular flexibility index (Phi) is 6.36. The highest BCUT2D eigenvalue weighted by molar-refractivity contribution is 5.96. The molecule has 8 nitrogen and oxygen atoms in total. The van der Waals surface area contributed by atoms with Crippen molar-refractivity contribution in [2.75, 3.05) is 21.3 Å². The van der Waals surface area contributed by atoms with E-state index in [9.17, 15) is 4.79 Å². The summed E-state index contributed by atoms with van der Waals surface area (Å²) in [5.41, 5.74) is 6.38. The van der Waals surface area contributed by atoms with Crippen LogP contribution in [0.4, 0.5) is 0 Å². The van der Waals surface area contributed by atoms with Gasteiger partial charge in [-0.3, -0.25) is 4.79 Å². The smallest absolute Gasteiger partial charge is 0.271 e. The van der Waals surface area contributed by atoms with E-state index in [1.165, 1.54) is 21.3 Å². The van der Waals surface area contributed by atoms with Crippen molar-refractivity contribution in [3.8, 4) is 22.9 Å². The van der Waals surface area contributed by atoms with Gasteiger partial charge >= 0.3 is 0 Å². The van der Waals surface area contributed by atoms with Gasteiger partial charge in [-0.25, -0.2) is 10.1 Å². The van der Waals surface area contributed by atoms with Gasteiger partial charge in [-0.05, 0) is 38.1 Å². The van der Waals surface area contributed by atoms with Crippen molar-refractivity contribution >= 4 is 12.1 Å². The quantitative estimate of drug-likeness (QED) is 0.479. The first-order chi connectivity index (χ1) is 14.5. The summed E-state index contributed by atoms with van der Waals surface area (Å²) in [7, 11) is 4.49. The predicted molar refractivity (Wildman–Crippen MR) is 114 cm³/mol. The Balaban J connectivity index is 1.81. The molecule has 0 spiro atoms. The number of rotatable bonds is 7. The number of carbonyl (C=O) groups is 1. The van der Waals surface area contributed by atoms with Gasteiger partial charge < -0.3 is 14.2 Å². The zero-order valence-corrected chi connectivity index (χ0v) is 17.6. The zero-order chi connectivity index (χ0) is 21.7. The molecule has 0 aliphatic carbocycles. The molecule has 3 aromatic rings. The van der Waals surface area contributed by atoms with Crippen LogP contribution in [0.2, 0.25) is 0 Å². The Morgan fingerprint density at radius 3 is 2.23 bits per heavy atom. The molecule has 8 heteroatoms. The third-order valence-corrected chi connectivity index (χ3v) is 4.63. The first kappa shape index (κ1) is 20.9. The van der Waals surface area contributed by atoms with E-state index in [2.05, 4.69) is 15.6 Å². The molecule has 1 aromatic heterocycles. The number of nitrogens with zero attached hydrogens (tertiary/aromatic N) is 3. The molecule has 2 aromatic carbocycles. The third-order valence-electron chi connectivity index (χ3n) is 4.63. The fourth-order valence-corrected chi connectivity index (χ4v) is 3.09. The standard InChI is InChI=1S/C22H24N4O4/c1-14-18(15(2)26(25-14)17-9-7-6-8-10-17)13-23-24-22(27)16-11-19(28-3)21(30-5)20(12-16)29-4/h6-13H,1-5H3,(H,24,27)/b23-13+. The maximum atomic E-state index is 12.6. The lowest BCUT2D eigenvalue weighted by Gasteiger charge is -2.13. The molecule has 0 radical (unpaired) electrons. The monoisotopic (exact) mass is 408 g/mol. The van der Waals surface area contributed by atoms with Gasteiger partial charge in [0.05, 0.1) is 44.6 Å². The molecule has 0 fully saturated rings. The van der Waals surface area contributed by atoms with Gasteiger partial charge in [0, 0.05) is 11.1 Å². The molecule has 0 unspecified atom stereocenters. The zero-order valence-electron chi connectivity index (χ0n) is 17.6. The van der Waals surface area contributed by atoms with Gasteiger partial charge in [-0.2, -0.15) is 10.2 Å². The number of hydrazone groups is 1. The number of nitrogens with one attached hydrogen (secondary N) is 1. The van der Waals surface area contributed by atoms with E-state index in [1.54, 1.807) is 18.3 Å². The average Bonchev–Trinajstić information content (AvgIpc) is 3.06. The number of ether oxygens (including phenoxy) is 3. The Bertz CT molecular complexity index is 1050. The Hall–Kier alpha value is -3.81. The second kappa shape index (κ2) is 9.13. The second-order valence-electron chi connectivity index (χ2n) is 6.44. The van der Waals surface area contributed by atoms with Gasteiger partial charge in [-0.1, -0.05) is 18.2 Å². The van der Waals surface area contributed by atoms with Crippen molar-refractivity contribution in [3.63, 3.8) is 0 Å². The Labute approximate surface area is 175 Å². The van der Waals surface area contributed by atoms with Crippen LogP contribution in [0.1, 0.15) is 27.3 Å². The largest absolute Gasteiger partial charge is 0.493 e. The fraction of sp³-hybridized carbons (Fsp3) is 0.227. The van der Waals surface area contributed by atoms with Gasteiger partial charge in [0.25, 0.3) is 5.91 Å². The second-order valence-corrected chi connectivity index (χ2v) is 6.44. The highest BCUT2D eigenvalue weighted by Crippen LogP contribution is 2.38. The van der Waals surface area contributed by atoms with E-state index in [-0.39, 0.29) is 0 Å². The minimum absolute atomic E-state index is 0.329. The third kappa shape index (κ3) is 4.12. The minimum atomic E-state index is -0.406. The summed E-state index contributed by atoms with van der Waals surface area (Å²) in [4.78, 5) is 12.6. The van der Waals surface area contributed by atoms with Crippen molar-refractivity contribution in [2.45, 2.75) is 13.8 Å². The molecule has 0 bridgehead atoms. The number of aryl methyl sites for hydroxylation is 1. The Morgan fingerprint density at radius 2 is 1.67 bits per heavy atom. The molecule has 0 saturated heterocycles. The van der Waals surface area contributed by atoms with Crippen LogP contribution in [0, 0.1) is 13.8 Å². The van der Waals surface area contributed by atoms with E-state index in [1.807, 2.05) is 48.9 Å². The van der Waals surface area contributed by atoms with Crippen molar-refractivity contribution in [1.82, 2.24) is 15.2 Å². The molecule has 156 valence electrons. The summed E-state index contributed by atoms with van der Waals surface area (Å²) in [5, 5.41) is 8.68. The summed E-state index contributed by atoms with van der Waals surface area (Å²) in [5.74, 6) is 0.791. The number of carbonyl (C=O) groups excluding carboxylic acids is 1. The molecule has 3 rings (SSSR count). The number of amides is 1. The van der Waals surface area contributed by atoms with Crippen LogP contribution in [-0.4, -0.2) is 43.2 Å². The van der Waals surface area contributed by atoms with E-state index in [0.717, 1.165) is 22.6 Å². The first-order valence-corrected chi connectivity index (χ1v) is 9.25. The Morgan fingerprint density at radius 1 is 1.03 bits per heavy atom. The SMILES string of the molecule is COc1cc(C(=O)N/N=C/c2c(C)nn(-c3ccccc3)c2C)cc(OC)c1OC. The molecule has 1 amide bonds. The average molecular weight is 408 g/mol. The van der Waals surface area contributed by atoms with Crippen LogP contribution in [0.3, 0.4) is 0 Å². The van der Waals surface area contributed by atoms with Crippen molar-refractivity contribution in [1.29, 1.82) is 0 Å². The maximum Gasteiger partial charge on any atom is 0.271 e. The topological polar surface area (TPSA) is 87.0 Å². The molecule has 0 saturated carbocycles. The first-order valence-electron chi connectivity index (χ1n) is 9.25. The van der Waals surface area contributed by atoms with Crippen molar-refractivity contribution in [3.05, 3.63) is 65.0 Å². The molecule has 30 heavy (non-hydrogen) atoms. The van der Waals surface area contributed by atoms with Crippen LogP contribution >= 0.6 is 0 Å². The number of aromatic nitrogens is 2. The van der Waals surface area contributed by atoms with Gasteiger partial charge in [0.15, 0.2) is 11.5 Å². The number of para-hydroxylation sites is 1. The van der Waals surface area contributed by atoms with Crippen LogP contribution in [0.5, 0.6) is 17.2 Å². The molecule has 0 atom stereocenters. The highest BCUT2D eigenvalue weighted by atomic mass is 16.5. The number of benzene rings is 2. The lowest BCUT2D eigenvalue weighted by atomic mass is 10.1. The normalized spacial score (nSPS) is 10.8. The van der Waals surface area contributed by atoms with Crippen molar-refractivity contribution < 1.29 is 19.0 Å². The molecular formula is C22H24N4O4. The summed E-state index contributed by atoms with van der Waals surface area (Å²) in [6.07, 6.45) is 1.59. The van der Waals surface area contributed by atoms with Crippen LogP contribution < -0.4 is 19.6 Å². The maximum absolute atomic E-state index is 12.6. The van der Waals surface area contributed by atoms with Crippen molar-refractivity contribution in [2.24, 2.45) is 5.10 Å². The number of hydrogen-bond donors (Lipinski definition) is 1. The summed E-state index contributed by atoms with van der Waals surface area (Å²) in [6, 6.07) is 13.0. The fourth-order valence-electron chi connectivity index (χ4n) is 3.09. The lowest BCUT2D eigenvalue weighted by molar-refractivity contribution is 0.0954. The van der Waals surface area contributed by atoms with Crippen LogP contribution in [0.25, 0.3) is 5.69 Å². The molecule has 0 aliphatic rings. The van der Waals surface area contributed by atoms with E-state index in [0.29, 0.717) is 22.8 Å². The number of hydrogen-bond acceptors (Lipinski definition) is 6. The highest BCUT2D eigenvalue weighted by Gasteiger charge is 2.17. The molecule has 1 N–H and O–H groups in total. The lowest BCUT2D eigenvalue weighted by Crippen LogP contribution is -2.18. The van der Waals surface area contributed by atoms with Gasteiger partial charge in [0.1, 0.15) is 0 Å². The summed E-state index contributed by atoms with van der Waals surface area (Å²) < 4.78 is 17.7. The molecule has 0 aliphatic heterocycles. The molecule has 1 heterocycles.